The van der Waals surface area contributed by atoms with Gasteiger partial charge in [0.25, 0.3) is 0 Å². The number of hydrogen-bond acceptors (Lipinski definition) is 3. The molecule has 1 rings (SSSR count). The fraction of sp³-hybridized carbons (Fsp3) is 0.692. The van der Waals surface area contributed by atoms with Crippen LogP contribution in [-0.4, -0.2) is 23.6 Å². The van der Waals surface area contributed by atoms with Crippen LogP contribution >= 0.6 is 0 Å². The van der Waals surface area contributed by atoms with Crippen LogP contribution in [0.25, 0.3) is 0 Å². The predicted octanol–water partition coefficient (Wildman–Crippen LogP) is 2.05. The summed E-state index contributed by atoms with van der Waals surface area (Å²) in [5.74, 6) is 1.58. The molecule has 1 aromatic heterocycles. The Kier molecular flexibility index (Phi) is 4.87. The van der Waals surface area contributed by atoms with Gasteiger partial charge in [-0.15, -0.1) is 0 Å². The van der Waals surface area contributed by atoms with Crippen LogP contribution in [0.2, 0.25) is 0 Å². The van der Waals surface area contributed by atoms with Crippen molar-refractivity contribution in [1.29, 1.82) is 0 Å². The quantitative estimate of drug-likeness (QED) is 0.827. The van der Waals surface area contributed by atoms with Crippen molar-refractivity contribution in [2.45, 2.75) is 40.5 Å². The lowest BCUT2D eigenvalue weighted by Crippen LogP contribution is -2.19. The van der Waals surface area contributed by atoms with Crippen molar-refractivity contribution in [2.75, 3.05) is 13.6 Å². The first-order valence-corrected chi connectivity index (χ1v) is 6.06. The Balaban J connectivity index is 2.87. The van der Waals surface area contributed by atoms with E-state index in [0.29, 0.717) is 5.92 Å². The molecule has 0 saturated carbocycles. The van der Waals surface area contributed by atoms with Gasteiger partial charge in [-0.3, -0.25) is 0 Å². The van der Waals surface area contributed by atoms with Crippen LogP contribution < -0.4 is 5.32 Å². The first kappa shape index (κ1) is 13.1. The molecule has 1 heterocycles. The molecule has 0 spiro atoms. The fourth-order valence-corrected chi connectivity index (χ4v) is 2.03. The summed E-state index contributed by atoms with van der Waals surface area (Å²) in [6, 6.07) is 0. The second-order valence-electron chi connectivity index (χ2n) is 4.51. The lowest BCUT2D eigenvalue weighted by Gasteiger charge is -2.15. The predicted molar refractivity (Wildman–Crippen MR) is 67.7 cm³/mol. The van der Waals surface area contributed by atoms with Gasteiger partial charge in [0.2, 0.25) is 0 Å². The molecular formula is C13H23N3. The van der Waals surface area contributed by atoms with E-state index in [2.05, 4.69) is 43.0 Å². The number of nitrogens with zero attached hydrogens (tertiary/aromatic N) is 2. The molecular weight excluding hydrogens is 198 g/mol. The van der Waals surface area contributed by atoms with Crippen molar-refractivity contribution in [3.8, 4) is 0 Å². The lowest BCUT2D eigenvalue weighted by molar-refractivity contribution is 0.536. The number of nitrogens with one attached hydrogen (secondary N) is 1. The average molecular weight is 221 g/mol. The van der Waals surface area contributed by atoms with E-state index in [-0.39, 0.29) is 0 Å². The second-order valence-corrected chi connectivity index (χ2v) is 4.51. The van der Waals surface area contributed by atoms with Crippen LogP contribution in [0.3, 0.4) is 0 Å². The lowest BCUT2D eigenvalue weighted by atomic mass is 9.98. The van der Waals surface area contributed by atoms with Crippen molar-refractivity contribution in [2.24, 2.45) is 5.92 Å². The zero-order chi connectivity index (χ0) is 12.1. The maximum atomic E-state index is 4.53. The monoisotopic (exact) mass is 221 g/mol. The summed E-state index contributed by atoms with van der Waals surface area (Å²) < 4.78 is 0. The zero-order valence-electron chi connectivity index (χ0n) is 11.1. The Morgan fingerprint density at radius 1 is 1.19 bits per heavy atom. The summed E-state index contributed by atoms with van der Waals surface area (Å²) in [5, 5.41) is 3.21. The average Bonchev–Trinajstić information content (AvgIpc) is 2.23. The van der Waals surface area contributed by atoms with Gasteiger partial charge in [-0.25, -0.2) is 9.97 Å². The van der Waals surface area contributed by atoms with Gasteiger partial charge in [0.1, 0.15) is 5.82 Å². The third kappa shape index (κ3) is 3.27. The minimum atomic E-state index is 0.624. The van der Waals surface area contributed by atoms with E-state index in [9.17, 15) is 0 Å². The van der Waals surface area contributed by atoms with Gasteiger partial charge in [-0.2, -0.15) is 0 Å². The van der Waals surface area contributed by atoms with E-state index in [1.165, 1.54) is 5.56 Å². The van der Waals surface area contributed by atoms with E-state index in [1.54, 1.807) is 0 Å². The van der Waals surface area contributed by atoms with E-state index < -0.39 is 0 Å². The van der Waals surface area contributed by atoms with Gasteiger partial charge in [0.15, 0.2) is 0 Å². The molecule has 1 atom stereocenters. The van der Waals surface area contributed by atoms with Crippen molar-refractivity contribution in [3.63, 3.8) is 0 Å². The molecule has 1 N–H and O–H groups in total. The molecule has 0 radical (unpaired) electrons. The maximum absolute atomic E-state index is 4.53. The van der Waals surface area contributed by atoms with Crippen LogP contribution in [0.4, 0.5) is 0 Å². The van der Waals surface area contributed by atoms with Gasteiger partial charge >= 0.3 is 0 Å². The Morgan fingerprint density at radius 3 is 2.19 bits per heavy atom. The molecule has 3 nitrogen and oxygen atoms in total. The Labute approximate surface area is 98.7 Å². The van der Waals surface area contributed by atoms with Crippen LogP contribution in [-0.2, 0) is 12.8 Å². The molecule has 16 heavy (non-hydrogen) atoms. The number of rotatable bonds is 5. The maximum Gasteiger partial charge on any atom is 0.128 e. The van der Waals surface area contributed by atoms with E-state index >= 15 is 0 Å². The largest absolute Gasteiger partial charge is 0.319 e. The SMILES string of the molecule is CCc1nc(C)c(CC(C)CNC)c(C)n1. The molecule has 0 fully saturated rings. The topological polar surface area (TPSA) is 37.8 Å². The third-order valence-electron chi connectivity index (χ3n) is 2.89. The second kappa shape index (κ2) is 5.94. The Morgan fingerprint density at radius 2 is 1.75 bits per heavy atom. The molecule has 0 amide bonds. The molecule has 1 aromatic rings. The molecule has 0 saturated heterocycles. The highest BCUT2D eigenvalue weighted by molar-refractivity contribution is 5.24. The first-order chi connectivity index (χ1) is 7.58. The summed E-state index contributed by atoms with van der Waals surface area (Å²) in [5.41, 5.74) is 3.61. The van der Waals surface area contributed by atoms with Crippen molar-refractivity contribution in [3.05, 3.63) is 22.8 Å². The molecule has 3 heteroatoms. The summed E-state index contributed by atoms with van der Waals surface area (Å²) in [6.07, 6.45) is 1.97. The third-order valence-corrected chi connectivity index (χ3v) is 2.89. The van der Waals surface area contributed by atoms with Crippen LogP contribution in [0.5, 0.6) is 0 Å². The number of aromatic nitrogens is 2. The minimum absolute atomic E-state index is 0.624. The van der Waals surface area contributed by atoms with Crippen molar-refractivity contribution in [1.82, 2.24) is 15.3 Å². The fourth-order valence-electron chi connectivity index (χ4n) is 2.03. The highest BCUT2D eigenvalue weighted by atomic mass is 14.9. The normalized spacial score (nSPS) is 12.8. The van der Waals surface area contributed by atoms with Gasteiger partial charge in [0.05, 0.1) is 0 Å². The van der Waals surface area contributed by atoms with Gasteiger partial charge in [-0.05, 0) is 45.3 Å². The number of aryl methyl sites for hydroxylation is 3. The van der Waals surface area contributed by atoms with Gasteiger partial charge in [0, 0.05) is 17.8 Å². The molecule has 90 valence electrons. The smallest absolute Gasteiger partial charge is 0.128 e. The molecule has 0 bridgehead atoms. The molecule has 0 aliphatic rings. The Hall–Kier alpha value is -0.960. The standard InChI is InChI=1S/C13H23N3/c1-6-13-15-10(3)12(11(4)16-13)7-9(2)8-14-5/h9,14H,6-8H2,1-5H3. The van der Waals surface area contributed by atoms with E-state index in [4.69, 9.17) is 0 Å². The highest BCUT2D eigenvalue weighted by Crippen LogP contribution is 2.15. The summed E-state index contributed by atoms with van der Waals surface area (Å²) in [7, 11) is 1.99. The summed E-state index contributed by atoms with van der Waals surface area (Å²) in [6.45, 7) is 9.57. The van der Waals surface area contributed by atoms with Crippen LogP contribution in [0, 0.1) is 19.8 Å². The van der Waals surface area contributed by atoms with Gasteiger partial charge < -0.3 is 5.32 Å². The van der Waals surface area contributed by atoms with Crippen LogP contribution in [0.1, 0.15) is 36.6 Å². The van der Waals surface area contributed by atoms with Crippen molar-refractivity contribution < 1.29 is 0 Å². The molecule has 1 unspecified atom stereocenters. The van der Waals surface area contributed by atoms with Crippen molar-refractivity contribution >= 4 is 0 Å². The van der Waals surface area contributed by atoms with E-state index in [0.717, 1.165) is 36.6 Å². The van der Waals surface area contributed by atoms with E-state index in [1.807, 2.05) is 7.05 Å². The molecule has 0 aliphatic carbocycles. The first-order valence-electron chi connectivity index (χ1n) is 6.06. The highest BCUT2D eigenvalue weighted by Gasteiger charge is 2.11. The Bertz CT molecular complexity index is 324. The summed E-state index contributed by atoms with van der Waals surface area (Å²) in [4.78, 5) is 9.07. The summed E-state index contributed by atoms with van der Waals surface area (Å²) >= 11 is 0. The molecule has 0 aliphatic heterocycles. The minimum Gasteiger partial charge on any atom is -0.319 e. The zero-order valence-corrected chi connectivity index (χ0v) is 11.1. The molecule has 0 aromatic carbocycles. The van der Waals surface area contributed by atoms with Crippen LogP contribution in [0.15, 0.2) is 0 Å². The number of hydrogen-bond donors (Lipinski definition) is 1. The van der Waals surface area contributed by atoms with Gasteiger partial charge in [-0.1, -0.05) is 13.8 Å².